The maximum absolute atomic E-state index is 11.3. The molecule has 1 amide bonds. The largest absolute Gasteiger partial charge is 0.468 e. The van der Waals surface area contributed by atoms with E-state index in [2.05, 4.69) is 15.4 Å². The summed E-state index contributed by atoms with van der Waals surface area (Å²) in [6.45, 7) is 0.733. The normalized spacial score (nSPS) is 9.76. The van der Waals surface area contributed by atoms with Gasteiger partial charge in [0.2, 0.25) is 0 Å². The topological polar surface area (TPSA) is 67.4 Å². The van der Waals surface area contributed by atoms with Crippen LogP contribution in [0.3, 0.4) is 0 Å². The van der Waals surface area contributed by atoms with Crippen molar-refractivity contribution < 1.29 is 14.3 Å². The van der Waals surface area contributed by atoms with Crippen LogP contribution in [0.5, 0.6) is 0 Å². The Hall–Kier alpha value is -1.88. The molecular weight excluding hydrogens is 220 g/mol. The van der Waals surface area contributed by atoms with Crippen LogP contribution in [0.4, 0.5) is 0 Å². The molecule has 1 rings (SSSR count). The van der Waals surface area contributed by atoms with Gasteiger partial charge in [-0.05, 0) is 17.7 Å². The average Bonchev–Trinajstić information content (AvgIpc) is 2.38. The molecule has 0 aliphatic heterocycles. The number of nitrogens with one attached hydrogen (secondary N) is 2. The van der Waals surface area contributed by atoms with Crippen molar-refractivity contribution in [3.8, 4) is 0 Å². The van der Waals surface area contributed by atoms with Gasteiger partial charge in [-0.3, -0.25) is 9.59 Å². The highest BCUT2D eigenvalue weighted by molar-refractivity contribution is 5.93. The average molecular weight is 236 g/mol. The Bertz CT molecular complexity index is 387. The van der Waals surface area contributed by atoms with Crippen LogP contribution in [-0.4, -0.2) is 32.6 Å². The molecule has 0 radical (unpaired) electrons. The first-order chi connectivity index (χ1) is 8.17. The van der Waals surface area contributed by atoms with Gasteiger partial charge in [0, 0.05) is 19.2 Å². The van der Waals surface area contributed by atoms with Gasteiger partial charge < -0.3 is 15.4 Å². The zero-order valence-corrected chi connectivity index (χ0v) is 9.95. The standard InChI is InChI=1S/C12H16N2O3/c1-13-12(16)10-5-3-9(4-6-10)7-14-8-11(15)17-2/h3-6,14H,7-8H2,1-2H3,(H,13,16). The molecule has 1 aromatic carbocycles. The van der Waals surface area contributed by atoms with Crippen molar-refractivity contribution in [2.75, 3.05) is 20.7 Å². The minimum absolute atomic E-state index is 0.112. The van der Waals surface area contributed by atoms with Crippen molar-refractivity contribution in [1.82, 2.24) is 10.6 Å². The third kappa shape index (κ3) is 4.24. The van der Waals surface area contributed by atoms with Crippen LogP contribution in [0.25, 0.3) is 0 Å². The Morgan fingerprint density at radius 1 is 1.24 bits per heavy atom. The van der Waals surface area contributed by atoms with Crippen LogP contribution in [0.1, 0.15) is 15.9 Å². The number of amides is 1. The monoisotopic (exact) mass is 236 g/mol. The van der Waals surface area contributed by atoms with Crippen LogP contribution in [-0.2, 0) is 16.1 Å². The fourth-order valence-electron chi connectivity index (χ4n) is 1.30. The first-order valence-electron chi connectivity index (χ1n) is 5.26. The van der Waals surface area contributed by atoms with Gasteiger partial charge in [-0.2, -0.15) is 0 Å². The number of rotatable bonds is 5. The third-order valence-corrected chi connectivity index (χ3v) is 2.27. The number of methoxy groups -OCH3 is 1. The second-order valence-corrected chi connectivity index (χ2v) is 3.46. The Morgan fingerprint density at radius 3 is 2.41 bits per heavy atom. The summed E-state index contributed by atoms with van der Waals surface area (Å²) in [4.78, 5) is 22.1. The summed E-state index contributed by atoms with van der Waals surface area (Å²) >= 11 is 0. The molecule has 0 unspecified atom stereocenters. The molecule has 0 saturated heterocycles. The predicted octanol–water partition coefficient (Wildman–Crippen LogP) is 0.309. The molecule has 1 aromatic rings. The molecule has 0 bridgehead atoms. The van der Waals surface area contributed by atoms with Crippen LogP contribution >= 0.6 is 0 Å². The van der Waals surface area contributed by atoms with E-state index in [1.54, 1.807) is 19.2 Å². The molecule has 5 heteroatoms. The van der Waals surface area contributed by atoms with Gasteiger partial charge >= 0.3 is 5.97 Å². The summed E-state index contributed by atoms with van der Waals surface area (Å²) in [6, 6.07) is 7.17. The van der Waals surface area contributed by atoms with E-state index in [1.165, 1.54) is 7.11 Å². The van der Waals surface area contributed by atoms with E-state index in [0.29, 0.717) is 12.1 Å². The zero-order valence-electron chi connectivity index (χ0n) is 9.95. The van der Waals surface area contributed by atoms with Gasteiger partial charge in [0.05, 0.1) is 13.7 Å². The molecule has 0 heterocycles. The number of benzene rings is 1. The Kier molecular flexibility index (Phi) is 5.16. The van der Waals surface area contributed by atoms with Crippen LogP contribution < -0.4 is 10.6 Å². The predicted molar refractivity (Wildman–Crippen MR) is 63.6 cm³/mol. The lowest BCUT2D eigenvalue weighted by molar-refractivity contribution is -0.139. The van der Waals surface area contributed by atoms with Crippen LogP contribution in [0.15, 0.2) is 24.3 Å². The molecule has 0 aliphatic carbocycles. The van der Waals surface area contributed by atoms with E-state index in [0.717, 1.165) is 5.56 Å². The molecule has 0 fully saturated rings. The van der Waals surface area contributed by atoms with E-state index in [9.17, 15) is 9.59 Å². The van der Waals surface area contributed by atoms with Crippen molar-refractivity contribution in [3.05, 3.63) is 35.4 Å². The van der Waals surface area contributed by atoms with E-state index >= 15 is 0 Å². The Balaban J connectivity index is 2.46. The lowest BCUT2D eigenvalue weighted by atomic mass is 10.1. The fourth-order valence-corrected chi connectivity index (χ4v) is 1.30. The minimum atomic E-state index is -0.299. The highest BCUT2D eigenvalue weighted by Crippen LogP contribution is 2.03. The first kappa shape index (κ1) is 13.2. The van der Waals surface area contributed by atoms with Crippen LogP contribution in [0, 0.1) is 0 Å². The molecule has 0 spiro atoms. The number of esters is 1. The summed E-state index contributed by atoms with van der Waals surface area (Å²) in [5.74, 6) is -0.411. The lowest BCUT2D eigenvalue weighted by Gasteiger charge is -2.05. The molecule has 17 heavy (non-hydrogen) atoms. The number of hydrogen-bond donors (Lipinski definition) is 2. The molecular formula is C12H16N2O3. The maximum atomic E-state index is 11.3. The molecule has 0 atom stereocenters. The first-order valence-corrected chi connectivity index (χ1v) is 5.26. The number of carbonyl (C=O) groups is 2. The lowest BCUT2D eigenvalue weighted by Crippen LogP contribution is -2.23. The number of carbonyl (C=O) groups excluding carboxylic acids is 2. The van der Waals surface area contributed by atoms with Crippen molar-refractivity contribution >= 4 is 11.9 Å². The van der Waals surface area contributed by atoms with Gasteiger partial charge in [0.25, 0.3) is 5.91 Å². The van der Waals surface area contributed by atoms with E-state index < -0.39 is 0 Å². The SMILES string of the molecule is CNC(=O)c1ccc(CNCC(=O)OC)cc1. The second kappa shape index (κ2) is 6.65. The molecule has 92 valence electrons. The van der Waals surface area contributed by atoms with Crippen molar-refractivity contribution in [2.24, 2.45) is 0 Å². The Morgan fingerprint density at radius 2 is 1.88 bits per heavy atom. The molecule has 0 aromatic heterocycles. The summed E-state index contributed by atoms with van der Waals surface area (Å²) < 4.78 is 4.50. The van der Waals surface area contributed by atoms with Crippen molar-refractivity contribution in [2.45, 2.75) is 6.54 Å². The fraction of sp³-hybridized carbons (Fsp3) is 0.333. The van der Waals surface area contributed by atoms with E-state index in [1.807, 2.05) is 12.1 Å². The summed E-state index contributed by atoms with van der Waals surface area (Å²) in [5.41, 5.74) is 1.62. The zero-order chi connectivity index (χ0) is 12.7. The number of ether oxygens (including phenoxy) is 1. The molecule has 5 nitrogen and oxygen atoms in total. The second-order valence-electron chi connectivity index (χ2n) is 3.46. The maximum Gasteiger partial charge on any atom is 0.319 e. The molecule has 0 aliphatic rings. The van der Waals surface area contributed by atoms with E-state index in [4.69, 9.17) is 0 Å². The smallest absolute Gasteiger partial charge is 0.319 e. The van der Waals surface area contributed by atoms with E-state index in [-0.39, 0.29) is 18.4 Å². The van der Waals surface area contributed by atoms with Gasteiger partial charge in [-0.1, -0.05) is 12.1 Å². The summed E-state index contributed by atoms with van der Waals surface area (Å²) in [7, 11) is 2.94. The summed E-state index contributed by atoms with van der Waals surface area (Å²) in [5, 5.41) is 5.49. The van der Waals surface area contributed by atoms with Gasteiger partial charge in [-0.25, -0.2) is 0 Å². The summed E-state index contributed by atoms with van der Waals surface area (Å²) in [6.07, 6.45) is 0. The molecule has 2 N–H and O–H groups in total. The van der Waals surface area contributed by atoms with Crippen LogP contribution in [0.2, 0.25) is 0 Å². The van der Waals surface area contributed by atoms with Crippen molar-refractivity contribution in [1.29, 1.82) is 0 Å². The molecule has 0 saturated carbocycles. The Labute approximate surface area is 100 Å². The highest BCUT2D eigenvalue weighted by atomic mass is 16.5. The van der Waals surface area contributed by atoms with Crippen molar-refractivity contribution in [3.63, 3.8) is 0 Å². The third-order valence-electron chi connectivity index (χ3n) is 2.27. The van der Waals surface area contributed by atoms with Gasteiger partial charge in [0.15, 0.2) is 0 Å². The minimum Gasteiger partial charge on any atom is -0.468 e. The quantitative estimate of drug-likeness (QED) is 0.722. The van der Waals surface area contributed by atoms with Gasteiger partial charge in [-0.15, -0.1) is 0 Å². The highest BCUT2D eigenvalue weighted by Gasteiger charge is 2.03. The van der Waals surface area contributed by atoms with Gasteiger partial charge in [0.1, 0.15) is 0 Å². The number of hydrogen-bond acceptors (Lipinski definition) is 4.